The smallest absolute Gasteiger partial charge is 0.225 e. The molecule has 4 rings (SSSR count). The quantitative estimate of drug-likeness (QED) is 0.935. The maximum absolute atomic E-state index is 11.9. The predicted molar refractivity (Wildman–Crippen MR) is 96.1 cm³/mol. The van der Waals surface area contributed by atoms with Crippen LogP contribution in [0.25, 0.3) is 0 Å². The summed E-state index contributed by atoms with van der Waals surface area (Å²) >= 11 is 0. The van der Waals surface area contributed by atoms with Crippen molar-refractivity contribution in [3.8, 4) is 11.5 Å². The van der Waals surface area contributed by atoms with Gasteiger partial charge >= 0.3 is 0 Å². The molecular formula is C20H22N2O3. The number of primary amides is 1. The number of hydrogen-bond donors (Lipinski definition) is 1. The van der Waals surface area contributed by atoms with Crippen molar-refractivity contribution in [2.45, 2.75) is 31.8 Å². The first-order valence-electron chi connectivity index (χ1n) is 8.67. The lowest BCUT2D eigenvalue weighted by atomic mass is 9.85. The number of para-hydroxylation sites is 1. The molecule has 0 aliphatic carbocycles. The highest BCUT2D eigenvalue weighted by Crippen LogP contribution is 2.39. The van der Waals surface area contributed by atoms with Gasteiger partial charge in [-0.3, -0.25) is 4.79 Å². The van der Waals surface area contributed by atoms with Crippen LogP contribution in [-0.2, 0) is 11.3 Å². The Morgan fingerprint density at radius 3 is 2.72 bits per heavy atom. The zero-order valence-corrected chi connectivity index (χ0v) is 14.3. The molecule has 2 aromatic carbocycles. The molecule has 25 heavy (non-hydrogen) atoms. The molecule has 1 amide bonds. The van der Waals surface area contributed by atoms with Gasteiger partial charge in [0.2, 0.25) is 5.91 Å². The average Bonchev–Trinajstić information content (AvgIpc) is 2.63. The van der Waals surface area contributed by atoms with E-state index in [0.717, 1.165) is 41.3 Å². The summed E-state index contributed by atoms with van der Waals surface area (Å²) < 4.78 is 11.3. The van der Waals surface area contributed by atoms with Gasteiger partial charge in [0.15, 0.2) is 11.5 Å². The molecule has 2 aromatic rings. The van der Waals surface area contributed by atoms with Crippen LogP contribution in [0.5, 0.6) is 11.5 Å². The summed E-state index contributed by atoms with van der Waals surface area (Å²) in [5.74, 6) is 1.13. The minimum Gasteiger partial charge on any atom is -0.486 e. The summed E-state index contributed by atoms with van der Waals surface area (Å²) in [7, 11) is 0. The number of amides is 1. The number of fused-ring (bicyclic) bond motifs is 2. The van der Waals surface area contributed by atoms with Gasteiger partial charge in [0.1, 0.15) is 13.2 Å². The molecule has 2 atom stereocenters. The van der Waals surface area contributed by atoms with Crippen molar-refractivity contribution in [3.63, 3.8) is 0 Å². The molecule has 130 valence electrons. The molecule has 5 nitrogen and oxygen atoms in total. The Kier molecular flexibility index (Phi) is 3.99. The van der Waals surface area contributed by atoms with E-state index in [2.05, 4.69) is 24.0 Å². The minimum absolute atomic E-state index is 0.220. The lowest BCUT2D eigenvalue weighted by Gasteiger charge is -2.40. The van der Waals surface area contributed by atoms with Gasteiger partial charge in [-0.1, -0.05) is 24.3 Å². The van der Waals surface area contributed by atoms with Crippen molar-refractivity contribution in [3.05, 3.63) is 53.6 Å². The van der Waals surface area contributed by atoms with Gasteiger partial charge in [0, 0.05) is 18.3 Å². The van der Waals surface area contributed by atoms with Gasteiger partial charge < -0.3 is 20.1 Å². The number of carbonyl (C=O) groups excluding carboxylic acids is 1. The standard InChI is InChI=1S/C20H22N2O3/c1-13-10-16(20(21)23)15-4-2-3-5-17(15)22(13)12-14-6-7-18-19(11-14)25-9-8-24-18/h2-7,11,13,16H,8-10,12H2,1H3,(H2,21,23). The van der Waals surface area contributed by atoms with Crippen molar-refractivity contribution in [2.75, 3.05) is 18.1 Å². The number of ether oxygens (including phenoxy) is 2. The number of benzene rings is 2. The fourth-order valence-electron chi connectivity index (χ4n) is 3.77. The Balaban J connectivity index is 1.66. The Labute approximate surface area is 147 Å². The second-order valence-electron chi connectivity index (χ2n) is 6.70. The van der Waals surface area contributed by atoms with Crippen LogP contribution in [-0.4, -0.2) is 25.2 Å². The van der Waals surface area contributed by atoms with Crippen LogP contribution in [0.3, 0.4) is 0 Å². The number of carbonyl (C=O) groups is 1. The van der Waals surface area contributed by atoms with E-state index in [0.29, 0.717) is 13.2 Å². The first-order valence-corrected chi connectivity index (χ1v) is 8.67. The van der Waals surface area contributed by atoms with Crippen LogP contribution in [0.1, 0.15) is 30.4 Å². The van der Waals surface area contributed by atoms with Gasteiger partial charge in [-0.05, 0) is 42.7 Å². The highest BCUT2D eigenvalue weighted by atomic mass is 16.6. The highest BCUT2D eigenvalue weighted by Gasteiger charge is 2.33. The van der Waals surface area contributed by atoms with Gasteiger partial charge in [0.05, 0.1) is 5.92 Å². The van der Waals surface area contributed by atoms with E-state index < -0.39 is 0 Å². The third-order valence-electron chi connectivity index (χ3n) is 5.03. The molecule has 0 saturated carbocycles. The molecule has 2 aliphatic heterocycles. The summed E-state index contributed by atoms with van der Waals surface area (Å²) in [6.07, 6.45) is 0.733. The number of anilines is 1. The Hall–Kier alpha value is -2.69. The summed E-state index contributed by atoms with van der Waals surface area (Å²) in [6, 6.07) is 14.4. The molecule has 2 heterocycles. The van der Waals surface area contributed by atoms with Crippen molar-refractivity contribution in [1.82, 2.24) is 0 Å². The van der Waals surface area contributed by atoms with E-state index in [9.17, 15) is 4.79 Å². The van der Waals surface area contributed by atoms with Crippen LogP contribution in [0.2, 0.25) is 0 Å². The molecule has 0 saturated heterocycles. The van der Waals surface area contributed by atoms with Gasteiger partial charge in [0.25, 0.3) is 0 Å². The first-order chi connectivity index (χ1) is 12.1. The van der Waals surface area contributed by atoms with Crippen molar-refractivity contribution >= 4 is 11.6 Å². The maximum Gasteiger partial charge on any atom is 0.225 e. The van der Waals surface area contributed by atoms with Crippen LogP contribution >= 0.6 is 0 Å². The maximum atomic E-state index is 11.9. The lowest BCUT2D eigenvalue weighted by molar-refractivity contribution is -0.119. The normalized spacial score (nSPS) is 21.6. The molecule has 5 heteroatoms. The number of nitrogens with two attached hydrogens (primary N) is 1. The molecular weight excluding hydrogens is 316 g/mol. The second kappa shape index (κ2) is 6.31. The lowest BCUT2D eigenvalue weighted by Crippen LogP contribution is -2.41. The fraction of sp³-hybridized carbons (Fsp3) is 0.350. The molecule has 0 fully saturated rings. The third kappa shape index (κ3) is 2.90. The Morgan fingerprint density at radius 1 is 1.16 bits per heavy atom. The molecule has 2 unspecified atom stereocenters. The monoisotopic (exact) mass is 338 g/mol. The van der Waals surface area contributed by atoms with Crippen LogP contribution in [0.15, 0.2) is 42.5 Å². The number of hydrogen-bond acceptors (Lipinski definition) is 4. The average molecular weight is 338 g/mol. The SMILES string of the molecule is CC1CC(C(N)=O)c2ccccc2N1Cc1ccc2c(c1)OCCO2. The Bertz CT molecular complexity index is 805. The molecule has 0 spiro atoms. The zero-order valence-electron chi connectivity index (χ0n) is 14.3. The molecule has 0 aromatic heterocycles. The van der Waals surface area contributed by atoms with E-state index >= 15 is 0 Å². The van der Waals surface area contributed by atoms with E-state index in [-0.39, 0.29) is 17.9 Å². The summed E-state index contributed by atoms with van der Waals surface area (Å²) in [4.78, 5) is 14.2. The highest BCUT2D eigenvalue weighted by molar-refractivity contribution is 5.85. The summed E-state index contributed by atoms with van der Waals surface area (Å²) in [6.45, 7) is 4.07. The molecule has 0 radical (unpaired) electrons. The summed E-state index contributed by atoms with van der Waals surface area (Å²) in [5.41, 5.74) is 8.89. The number of rotatable bonds is 3. The van der Waals surface area contributed by atoms with Crippen molar-refractivity contribution in [1.29, 1.82) is 0 Å². The van der Waals surface area contributed by atoms with Crippen LogP contribution in [0.4, 0.5) is 5.69 Å². The van der Waals surface area contributed by atoms with Crippen molar-refractivity contribution < 1.29 is 14.3 Å². The Morgan fingerprint density at radius 2 is 1.92 bits per heavy atom. The van der Waals surface area contributed by atoms with Crippen LogP contribution < -0.4 is 20.1 Å². The van der Waals surface area contributed by atoms with Crippen LogP contribution in [0, 0.1) is 0 Å². The summed E-state index contributed by atoms with van der Waals surface area (Å²) in [5, 5.41) is 0. The van der Waals surface area contributed by atoms with Gasteiger partial charge in [-0.15, -0.1) is 0 Å². The zero-order chi connectivity index (χ0) is 17.4. The number of nitrogens with zero attached hydrogens (tertiary/aromatic N) is 1. The predicted octanol–water partition coefficient (Wildman–Crippen LogP) is 2.83. The van der Waals surface area contributed by atoms with E-state index in [1.54, 1.807) is 0 Å². The molecule has 0 bridgehead atoms. The van der Waals surface area contributed by atoms with E-state index in [1.807, 2.05) is 30.3 Å². The van der Waals surface area contributed by atoms with E-state index in [1.165, 1.54) is 0 Å². The topological polar surface area (TPSA) is 64.8 Å². The minimum atomic E-state index is -0.252. The first kappa shape index (κ1) is 15.8. The second-order valence-corrected chi connectivity index (χ2v) is 6.70. The molecule has 2 N–H and O–H groups in total. The largest absolute Gasteiger partial charge is 0.486 e. The van der Waals surface area contributed by atoms with Crippen molar-refractivity contribution in [2.24, 2.45) is 5.73 Å². The van der Waals surface area contributed by atoms with Gasteiger partial charge in [-0.25, -0.2) is 0 Å². The fourth-order valence-corrected chi connectivity index (χ4v) is 3.77. The van der Waals surface area contributed by atoms with E-state index in [4.69, 9.17) is 15.2 Å². The molecule has 2 aliphatic rings. The third-order valence-corrected chi connectivity index (χ3v) is 5.03. The van der Waals surface area contributed by atoms with Gasteiger partial charge in [-0.2, -0.15) is 0 Å².